The van der Waals surface area contributed by atoms with Crippen molar-refractivity contribution in [2.45, 2.75) is 13.0 Å². The second-order valence-electron chi connectivity index (χ2n) is 4.27. The maximum Gasteiger partial charge on any atom is 0.347 e. The lowest BCUT2D eigenvalue weighted by atomic mass is 10.1. The number of H-pyrrole nitrogens is 1. The molecule has 2 aromatic rings. The van der Waals surface area contributed by atoms with Gasteiger partial charge in [-0.2, -0.15) is 4.98 Å². The number of ether oxygens (including phenoxy) is 1. The molecule has 1 aromatic heterocycles. The Labute approximate surface area is 115 Å². The largest absolute Gasteiger partial charge is 0.367 e. The summed E-state index contributed by atoms with van der Waals surface area (Å²) in [6, 6.07) is 10.7. The third kappa shape index (κ3) is 3.30. The summed E-state index contributed by atoms with van der Waals surface area (Å²) in [6.07, 6.45) is -0.752. The Kier molecular flexibility index (Phi) is 4.27. The molecule has 0 saturated heterocycles. The first-order valence-corrected chi connectivity index (χ1v) is 6.06. The molecule has 0 aliphatic rings. The van der Waals surface area contributed by atoms with Crippen LogP contribution in [0.4, 0.5) is 5.82 Å². The Bertz CT molecular complexity index is 652. The maximum absolute atomic E-state index is 12.2. The van der Waals surface area contributed by atoms with Gasteiger partial charge in [0.05, 0.1) is 0 Å². The first-order valence-electron chi connectivity index (χ1n) is 6.06. The smallest absolute Gasteiger partial charge is 0.347 e. The highest BCUT2D eigenvalue weighted by molar-refractivity contribution is 5.94. The van der Waals surface area contributed by atoms with Gasteiger partial charge >= 0.3 is 5.69 Å². The lowest BCUT2D eigenvalue weighted by Crippen LogP contribution is -2.25. The molecule has 1 atom stereocenters. The average molecular weight is 273 g/mol. The number of carbonyl (C=O) groups excluding carboxylic acids is 1. The first-order chi connectivity index (χ1) is 9.60. The van der Waals surface area contributed by atoms with Gasteiger partial charge in [-0.05, 0) is 12.5 Å². The molecular weight excluding hydrogens is 258 g/mol. The number of aromatic amines is 1. The number of amides is 1. The van der Waals surface area contributed by atoms with E-state index in [1.807, 2.05) is 18.2 Å². The van der Waals surface area contributed by atoms with Gasteiger partial charge in [-0.3, -0.25) is 4.79 Å². The molecule has 0 radical (unpaired) electrons. The van der Waals surface area contributed by atoms with E-state index < -0.39 is 11.8 Å². The minimum atomic E-state index is -0.752. The van der Waals surface area contributed by atoms with Gasteiger partial charge in [0.1, 0.15) is 5.82 Å². The topological polar surface area (TPSA) is 84.1 Å². The summed E-state index contributed by atoms with van der Waals surface area (Å²) >= 11 is 0. The number of methoxy groups -OCH3 is 1. The fourth-order valence-corrected chi connectivity index (χ4v) is 1.86. The van der Waals surface area contributed by atoms with E-state index in [-0.39, 0.29) is 11.7 Å². The number of hydrogen-bond acceptors (Lipinski definition) is 4. The van der Waals surface area contributed by atoms with Crippen molar-refractivity contribution < 1.29 is 9.53 Å². The lowest BCUT2D eigenvalue weighted by molar-refractivity contribution is -0.126. The predicted molar refractivity (Wildman–Crippen MR) is 74.4 cm³/mol. The molecule has 6 heteroatoms. The zero-order valence-electron chi connectivity index (χ0n) is 11.2. The zero-order valence-corrected chi connectivity index (χ0v) is 11.2. The van der Waals surface area contributed by atoms with Gasteiger partial charge in [0.2, 0.25) is 0 Å². The number of nitrogens with one attached hydrogen (secondary N) is 2. The summed E-state index contributed by atoms with van der Waals surface area (Å²) in [6.45, 7) is 1.71. The molecule has 20 heavy (non-hydrogen) atoms. The summed E-state index contributed by atoms with van der Waals surface area (Å²) in [4.78, 5) is 29.6. The molecule has 2 rings (SSSR count). The highest BCUT2D eigenvalue weighted by Crippen LogP contribution is 2.18. The van der Waals surface area contributed by atoms with Crippen LogP contribution in [-0.2, 0) is 9.53 Å². The molecule has 1 aromatic carbocycles. The van der Waals surface area contributed by atoms with Gasteiger partial charge in [0.25, 0.3) is 5.91 Å². The number of hydrogen-bond donors (Lipinski definition) is 2. The summed E-state index contributed by atoms with van der Waals surface area (Å²) in [5.41, 5.74) is 0.844. The van der Waals surface area contributed by atoms with E-state index in [2.05, 4.69) is 15.3 Å². The third-order valence-corrected chi connectivity index (χ3v) is 2.71. The minimum Gasteiger partial charge on any atom is -0.367 e. The van der Waals surface area contributed by atoms with Crippen LogP contribution in [0, 0.1) is 6.92 Å². The van der Waals surface area contributed by atoms with Crippen molar-refractivity contribution >= 4 is 11.7 Å². The standard InChI is InChI=1S/C14H15N3O3/c1-9-8-11(17-14(19)15-9)16-13(18)12(20-2)10-6-4-3-5-7-10/h3-8,12H,1-2H3,(H2,15,16,17,18,19)/t12-/m1/s1. The Morgan fingerprint density at radius 2 is 2.05 bits per heavy atom. The van der Waals surface area contributed by atoms with Crippen LogP contribution in [0.3, 0.4) is 0 Å². The fraction of sp³-hybridized carbons (Fsp3) is 0.214. The number of anilines is 1. The average Bonchev–Trinajstić information content (AvgIpc) is 2.39. The lowest BCUT2D eigenvalue weighted by Gasteiger charge is -2.15. The monoisotopic (exact) mass is 273 g/mol. The molecule has 0 spiro atoms. The highest BCUT2D eigenvalue weighted by Gasteiger charge is 2.20. The summed E-state index contributed by atoms with van der Waals surface area (Å²) in [5.74, 6) is -0.176. The van der Waals surface area contributed by atoms with E-state index in [4.69, 9.17) is 4.74 Å². The summed E-state index contributed by atoms with van der Waals surface area (Å²) in [7, 11) is 1.45. The van der Waals surface area contributed by atoms with Crippen molar-refractivity contribution in [3.05, 3.63) is 58.1 Å². The van der Waals surface area contributed by atoms with Crippen LogP contribution < -0.4 is 11.0 Å². The quantitative estimate of drug-likeness (QED) is 0.882. The van der Waals surface area contributed by atoms with Crippen LogP contribution in [0.2, 0.25) is 0 Å². The van der Waals surface area contributed by atoms with Crippen molar-refractivity contribution in [2.24, 2.45) is 0 Å². The molecule has 6 nitrogen and oxygen atoms in total. The number of benzene rings is 1. The van der Waals surface area contributed by atoms with E-state index in [0.29, 0.717) is 5.69 Å². The van der Waals surface area contributed by atoms with Gasteiger partial charge in [0.15, 0.2) is 6.10 Å². The Morgan fingerprint density at radius 1 is 1.35 bits per heavy atom. The zero-order chi connectivity index (χ0) is 14.5. The molecule has 1 heterocycles. The number of carbonyl (C=O) groups is 1. The second kappa shape index (κ2) is 6.12. The summed E-state index contributed by atoms with van der Waals surface area (Å²) in [5, 5.41) is 2.58. The molecule has 2 N–H and O–H groups in total. The van der Waals surface area contributed by atoms with E-state index in [1.165, 1.54) is 7.11 Å². The Hall–Kier alpha value is -2.47. The van der Waals surface area contributed by atoms with Crippen molar-refractivity contribution in [1.29, 1.82) is 0 Å². The van der Waals surface area contributed by atoms with E-state index in [1.54, 1.807) is 25.1 Å². The number of nitrogens with zero attached hydrogens (tertiary/aromatic N) is 1. The molecule has 0 saturated carbocycles. The number of rotatable bonds is 4. The van der Waals surface area contributed by atoms with Gasteiger partial charge in [-0.25, -0.2) is 4.79 Å². The van der Waals surface area contributed by atoms with Crippen LogP contribution in [0.15, 0.2) is 41.2 Å². The van der Waals surface area contributed by atoms with E-state index in [0.717, 1.165) is 5.56 Å². The van der Waals surface area contributed by atoms with Crippen molar-refractivity contribution in [3.63, 3.8) is 0 Å². The maximum atomic E-state index is 12.2. The van der Waals surface area contributed by atoms with Gasteiger partial charge in [-0.1, -0.05) is 30.3 Å². The fourth-order valence-electron chi connectivity index (χ4n) is 1.86. The van der Waals surface area contributed by atoms with Gasteiger partial charge in [0, 0.05) is 18.9 Å². The number of aryl methyl sites for hydroxylation is 1. The van der Waals surface area contributed by atoms with Crippen LogP contribution in [-0.4, -0.2) is 23.0 Å². The van der Waals surface area contributed by atoms with Crippen molar-refractivity contribution in [3.8, 4) is 0 Å². The molecule has 0 bridgehead atoms. The number of aromatic nitrogens is 2. The van der Waals surface area contributed by atoms with E-state index >= 15 is 0 Å². The first kappa shape index (κ1) is 14.0. The Balaban J connectivity index is 2.20. The molecule has 104 valence electrons. The van der Waals surface area contributed by atoms with Crippen molar-refractivity contribution in [1.82, 2.24) is 9.97 Å². The van der Waals surface area contributed by atoms with Crippen molar-refractivity contribution in [2.75, 3.05) is 12.4 Å². The van der Waals surface area contributed by atoms with Gasteiger partial charge in [-0.15, -0.1) is 0 Å². The molecule has 0 aliphatic heterocycles. The normalized spacial score (nSPS) is 11.9. The molecule has 0 unspecified atom stereocenters. The summed E-state index contributed by atoms with van der Waals surface area (Å²) < 4.78 is 5.21. The minimum absolute atomic E-state index is 0.203. The molecule has 0 fully saturated rings. The van der Waals surface area contributed by atoms with Crippen LogP contribution in [0.25, 0.3) is 0 Å². The second-order valence-corrected chi connectivity index (χ2v) is 4.27. The SMILES string of the molecule is CO[C@@H](C(=O)Nc1cc(C)[nH]c(=O)n1)c1ccccc1. The molecular formula is C14H15N3O3. The molecule has 0 aliphatic carbocycles. The van der Waals surface area contributed by atoms with Crippen LogP contribution in [0.5, 0.6) is 0 Å². The third-order valence-electron chi connectivity index (χ3n) is 2.71. The molecule has 1 amide bonds. The predicted octanol–water partition coefficient (Wildman–Crippen LogP) is 1.40. The Morgan fingerprint density at radius 3 is 2.65 bits per heavy atom. The highest BCUT2D eigenvalue weighted by atomic mass is 16.5. The van der Waals surface area contributed by atoms with E-state index in [9.17, 15) is 9.59 Å². The van der Waals surface area contributed by atoms with Gasteiger partial charge < -0.3 is 15.0 Å². The van der Waals surface area contributed by atoms with Crippen LogP contribution >= 0.6 is 0 Å². The van der Waals surface area contributed by atoms with Crippen LogP contribution in [0.1, 0.15) is 17.4 Å².